The summed E-state index contributed by atoms with van der Waals surface area (Å²) in [6.45, 7) is 0.440. The van der Waals surface area contributed by atoms with Crippen LogP contribution in [0.25, 0.3) is 0 Å². The number of nitrogens with zero attached hydrogens (tertiary/aromatic N) is 3. The van der Waals surface area contributed by atoms with E-state index in [-0.39, 0.29) is 18.2 Å². The van der Waals surface area contributed by atoms with Gasteiger partial charge >= 0.3 is 0 Å². The number of aromatic nitrogens is 2. The molecule has 0 aliphatic carbocycles. The van der Waals surface area contributed by atoms with Crippen LogP contribution < -0.4 is 10.2 Å². The summed E-state index contributed by atoms with van der Waals surface area (Å²) in [6, 6.07) is 12.8. The van der Waals surface area contributed by atoms with Gasteiger partial charge < -0.3 is 10.2 Å². The molecule has 1 N–H and O–H groups in total. The fourth-order valence-electron chi connectivity index (χ4n) is 4.36. The first-order valence-electron chi connectivity index (χ1n) is 9.09. The summed E-state index contributed by atoms with van der Waals surface area (Å²) in [5, 5.41) is 8.53. The van der Waals surface area contributed by atoms with E-state index in [1.54, 1.807) is 42.2 Å². The highest BCUT2D eigenvalue weighted by molar-refractivity contribution is 6.35. The molecule has 0 radical (unpaired) electrons. The molecule has 0 unspecified atom stereocenters. The minimum absolute atomic E-state index is 0.0170. The van der Waals surface area contributed by atoms with Gasteiger partial charge in [0.15, 0.2) is 0 Å². The monoisotopic (exact) mass is 426 g/mol. The third kappa shape index (κ3) is 2.52. The van der Waals surface area contributed by atoms with E-state index in [0.29, 0.717) is 33.7 Å². The van der Waals surface area contributed by atoms with Crippen molar-refractivity contribution in [1.82, 2.24) is 9.78 Å². The Labute approximate surface area is 177 Å². The van der Waals surface area contributed by atoms with Gasteiger partial charge in [-0.05, 0) is 29.3 Å². The minimum atomic E-state index is -1.12. The molecule has 1 aromatic heterocycles. The second-order valence-corrected chi connectivity index (χ2v) is 8.17. The highest BCUT2D eigenvalue weighted by Crippen LogP contribution is 2.53. The van der Waals surface area contributed by atoms with Crippen LogP contribution in [0.3, 0.4) is 0 Å². The molecule has 0 fully saturated rings. The number of hydrogen-bond donors (Lipinski definition) is 1. The highest BCUT2D eigenvalue weighted by atomic mass is 35.5. The van der Waals surface area contributed by atoms with Gasteiger partial charge in [-0.1, -0.05) is 47.5 Å². The topological polar surface area (TPSA) is 67.2 Å². The van der Waals surface area contributed by atoms with Crippen LogP contribution in [0.4, 0.5) is 11.5 Å². The molecule has 6 nitrogen and oxygen atoms in total. The SMILES string of the molecule is CN1C(=O)[C@]2(CC(=O)Nc3c2cnn3Cc2ccc(Cl)cc2)c2cccc(Cl)c21. The van der Waals surface area contributed by atoms with Crippen molar-refractivity contribution in [3.8, 4) is 0 Å². The summed E-state index contributed by atoms with van der Waals surface area (Å²) in [7, 11) is 1.69. The fourth-order valence-corrected chi connectivity index (χ4v) is 4.79. The van der Waals surface area contributed by atoms with E-state index < -0.39 is 5.41 Å². The third-order valence-electron chi connectivity index (χ3n) is 5.68. The Bertz CT molecular complexity index is 1170. The lowest BCUT2D eigenvalue weighted by Crippen LogP contribution is -2.45. The molecular formula is C21H16Cl2N4O2. The number of hydrogen-bond acceptors (Lipinski definition) is 3. The Kier molecular flexibility index (Phi) is 3.98. The number of rotatable bonds is 2. The summed E-state index contributed by atoms with van der Waals surface area (Å²) in [4.78, 5) is 27.7. The van der Waals surface area contributed by atoms with Gasteiger partial charge in [0, 0.05) is 24.1 Å². The Morgan fingerprint density at radius 2 is 1.86 bits per heavy atom. The Hall–Kier alpha value is -2.83. The fraction of sp³-hybridized carbons (Fsp3) is 0.190. The van der Waals surface area contributed by atoms with Crippen LogP contribution in [0.5, 0.6) is 0 Å². The molecule has 1 spiro atoms. The molecule has 8 heteroatoms. The maximum atomic E-state index is 13.4. The summed E-state index contributed by atoms with van der Waals surface area (Å²) in [6.07, 6.45) is 1.69. The maximum absolute atomic E-state index is 13.4. The molecule has 0 saturated heterocycles. The number of benzene rings is 2. The van der Waals surface area contributed by atoms with Gasteiger partial charge in [0.2, 0.25) is 11.8 Å². The van der Waals surface area contributed by atoms with E-state index in [1.165, 1.54) is 4.90 Å². The predicted octanol–water partition coefficient (Wildman–Crippen LogP) is 3.84. The number of anilines is 2. The summed E-state index contributed by atoms with van der Waals surface area (Å²) < 4.78 is 1.70. The molecule has 0 bridgehead atoms. The van der Waals surface area contributed by atoms with E-state index in [9.17, 15) is 9.59 Å². The molecule has 2 aromatic carbocycles. The Morgan fingerprint density at radius 1 is 1.10 bits per heavy atom. The Morgan fingerprint density at radius 3 is 2.62 bits per heavy atom. The molecule has 5 rings (SSSR count). The van der Waals surface area contributed by atoms with Gasteiger partial charge in [0.25, 0.3) is 0 Å². The first kappa shape index (κ1) is 18.2. The van der Waals surface area contributed by atoms with E-state index in [4.69, 9.17) is 23.2 Å². The molecule has 3 heterocycles. The third-order valence-corrected chi connectivity index (χ3v) is 6.24. The van der Waals surface area contributed by atoms with Gasteiger partial charge in [0.05, 0.1) is 23.5 Å². The average molecular weight is 427 g/mol. The van der Waals surface area contributed by atoms with Gasteiger partial charge in [-0.25, -0.2) is 4.68 Å². The number of halogens is 2. The van der Waals surface area contributed by atoms with Crippen molar-refractivity contribution in [2.75, 3.05) is 17.3 Å². The molecule has 0 saturated carbocycles. The van der Waals surface area contributed by atoms with E-state index in [2.05, 4.69) is 10.4 Å². The zero-order chi connectivity index (χ0) is 20.3. The zero-order valence-electron chi connectivity index (χ0n) is 15.4. The largest absolute Gasteiger partial charge is 0.313 e. The van der Waals surface area contributed by atoms with Crippen molar-refractivity contribution >= 4 is 46.5 Å². The quantitative estimate of drug-likeness (QED) is 0.676. The van der Waals surface area contributed by atoms with Crippen LogP contribution >= 0.6 is 23.2 Å². The van der Waals surface area contributed by atoms with Gasteiger partial charge in [-0.2, -0.15) is 5.10 Å². The van der Waals surface area contributed by atoms with Crippen molar-refractivity contribution < 1.29 is 9.59 Å². The van der Waals surface area contributed by atoms with Crippen molar-refractivity contribution in [2.24, 2.45) is 0 Å². The van der Waals surface area contributed by atoms with Crippen molar-refractivity contribution in [2.45, 2.75) is 18.4 Å². The molecule has 3 aromatic rings. The molecule has 146 valence electrons. The smallest absolute Gasteiger partial charge is 0.242 e. The van der Waals surface area contributed by atoms with Crippen molar-refractivity contribution in [3.05, 3.63) is 75.4 Å². The molecule has 1 atom stereocenters. The lowest BCUT2D eigenvalue weighted by Gasteiger charge is -2.32. The van der Waals surface area contributed by atoms with Crippen molar-refractivity contribution in [1.29, 1.82) is 0 Å². The van der Waals surface area contributed by atoms with Crippen LogP contribution in [0.1, 0.15) is 23.1 Å². The average Bonchev–Trinajstić information content (AvgIpc) is 3.18. The highest BCUT2D eigenvalue weighted by Gasteiger charge is 2.56. The number of fused-ring (bicyclic) bond motifs is 4. The van der Waals surface area contributed by atoms with Crippen molar-refractivity contribution in [3.63, 3.8) is 0 Å². The van der Waals surface area contributed by atoms with Crippen LogP contribution in [-0.4, -0.2) is 28.6 Å². The summed E-state index contributed by atoms with van der Waals surface area (Å²) >= 11 is 12.4. The predicted molar refractivity (Wildman–Crippen MR) is 112 cm³/mol. The molecule has 2 aliphatic heterocycles. The number of amides is 2. The van der Waals surface area contributed by atoms with Gasteiger partial charge in [0.1, 0.15) is 11.2 Å². The van der Waals surface area contributed by atoms with E-state index in [1.807, 2.05) is 18.2 Å². The minimum Gasteiger partial charge on any atom is -0.313 e. The molecule has 2 amide bonds. The summed E-state index contributed by atoms with van der Waals surface area (Å²) in [5.41, 5.74) is 1.92. The maximum Gasteiger partial charge on any atom is 0.242 e. The molecular weight excluding hydrogens is 411 g/mol. The van der Waals surface area contributed by atoms with E-state index >= 15 is 0 Å². The number of nitrogens with one attached hydrogen (secondary N) is 1. The molecule has 29 heavy (non-hydrogen) atoms. The lowest BCUT2D eigenvalue weighted by molar-refractivity contribution is -0.126. The first-order valence-corrected chi connectivity index (χ1v) is 9.85. The second-order valence-electron chi connectivity index (χ2n) is 7.32. The van der Waals surface area contributed by atoms with Gasteiger partial charge in [-0.15, -0.1) is 0 Å². The second kappa shape index (κ2) is 6.34. The van der Waals surface area contributed by atoms with Gasteiger partial charge in [-0.3, -0.25) is 9.59 Å². The first-order chi connectivity index (χ1) is 13.9. The van der Waals surface area contributed by atoms with Crippen LogP contribution in [0.15, 0.2) is 48.7 Å². The van der Waals surface area contributed by atoms with Crippen LogP contribution in [-0.2, 0) is 21.5 Å². The van der Waals surface area contributed by atoms with E-state index in [0.717, 1.165) is 11.1 Å². The Balaban J connectivity index is 1.67. The normalized spacial score (nSPS) is 20.0. The standard InChI is InChI=1S/C21H16Cl2N4O2/c1-26-18-14(3-2-4-16(18)23)21(20(26)29)9-17(28)25-19-15(21)10-24-27(19)11-12-5-7-13(22)8-6-12/h2-8,10H,9,11H2,1H3,(H,25,28)/t21-/m1/s1. The number of carbonyl (C=O) groups is 2. The number of carbonyl (C=O) groups excluding carboxylic acids is 2. The lowest BCUT2D eigenvalue weighted by atomic mass is 9.72. The summed E-state index contributed by atoms with van der Waals surface area (Å²) in [5.74, 6) is 0.124. The molecule has 2 aliphatic rings. The van der Waals surface area contributed by atoms with Crippen LogP contribution in [0, 0.1) is 0 Å². The number of para-hydroxylation sites is 1. The number of likely N-dealkylation sites (N-methyl/N-ethyl adjacent to an activating group) is 1. The van der Waals surface area contributed by atoms with Crippen LogP contribution in [0.2, 0.25) is 10.0 Å². The zero-order valence-corrected chi connectivity index (χ0v) is 17.0.